The van der Waals surface area contributed by atoms with Crippen molar-refractivity contribution in [2.24, 2.45) is 5.41 Å². The summed E-state index contributed by atoms with van der Waals surface area (Å²) in [4.78, 5) is 0. The van der Waals surface area contributed by atoms with E-state index >= 15 is 0 Å². The third kappa shape index (κ3) is 5.50. The third-order valence-corrected chi connectivity index (χ3v) is 3.80. The average molecular weight is 286 g/mol. The molecule has 0 radical (unpaired) electrons. The molecule has 0 aromatic heterocycles. The van der Waals surface area contributed by atoms with Crippen LogP contribution in [0.2, 0.25) is 5.02 Å². The minimum atomic E-state index is -0.351. The Morgan fingerprint density at radius 1 is 1.21 bits per heavy atom. The van der Waals surface area contributed by atoms with Gasteiger partial charge in [-0.2, -0.15) is 0 Å². The van der Waals surface area contributed by atoms with Crippen LogP contribution in [0.3, 0.4) is 0 Å². The van der Waals surface area contributed by atoms with E-state index in [2.05, 4.69) is 39.9 Å². The van der Waals surface area contributed by atoms with Gasteiger partial charge in [-0.15, -0.1) is 0 Å². The molecule has 1 N–H and O–H groups in total. The molecule has 0 bridgehead atoms. The molecule has 1 nitrogen and oxygen atoms in total. The molecule has 108 valence electrons. The number of hydrogen-bond acceptors (Lipinski definition) is 1. The summed E-state index contributed by atoms with van der Waals surface area (Å²) in [5.41, 5.74) is 1.34. The minimum absolute atomic E-state index is 0.108. The Balaban J connectivity index is 2.76. The zero-order chi connectivity index (χ0) is 14.7. The lowest BCUT2D eigenvalue weighted by Gasteiger charge is -2.33. The van der Waals surface area contributed by atoms with Gasteiger partial charge in [0.15, 0.2) is 0 Å². The molecule has 0 amide bonds. The van der Waals surface area contributed by atoms with Crippen molar-refractivity contribution in [1.29, 1.82) is 0 Å². The topological polar surface area (TPSA) is 12.0 Å². The first-order valence-corrected chi connectivity index (χ1v) is 7.22. The van der Waals surface area contributed by atoms with Gasteiger partial charge in [-0.25, -0.2) is 4.39 Å². The molecule has 0 saturated carbocycles. The van der Waals surface area contributed by atoms with Crippen LogP contribution in [0.5, 0.6) is 0 Å². The third-order valence-electron chi connectivity index (χ3n) is 3.51. The highest BCUT2D eigenvalue weighted by molar-refractivity contribution is 6.30. The van der Waals surface area contributed by atoms with Gasteiger partial charge in [0.2, 0.25) is 0 Å². The molecule has 0 heterocycles. The molecule has 1 aromatic rings. The van der Waals surface area contributed by atoms with Gasteiger partial charge < -0.3 is 5.32 Å². The minimum Gasteiger partial charge on any atom is -0.312 e. The highest BCUT2D eigenvalue weighted by Crippen LogP contribution is 2.28. The number of rotatable bonds is 5. The number of nitrogens with one attached hydrogen (secondary N) is 1. The summed E-state index contributed by atoms with van der Waals surface area (Å²) in [5.74, 6) is -0.351. The predicted molar refractivity (Wildman–Crippen MR) is 81.3 cm³/mol. The first-order valence-electron chi connectivity index (χ1n) is 6.84. The molecule has 0 aliphatic heterocycles. The summed E-state index contributed by atoms with van der Waals surface area (Å²) in [6.45, 7) is 11.9. The molecule has 3 heteroatoms. The summed E-state index contributed by atoms with van der Waals surface area (Å²) in [5, 5.41) is 3.76. The van der Waals surface area contributed by atoms with Crippen molar-refractivity contribution in [2.45, 2.75) is 53.0 Å². The second-order valence-corrected chi connectivity index (χ2v) is 7.10. The highest BCUT2D eigenvalue weighted by atomic mass is 35.5. The fourth-order valence-electron chi connectivity index (χ4n) is 1.93. The quantitative estimate of drug-likeness (QED) is 0.817. The Kier molecular flexibility index (Phi) is 5.40. The van der Waals surface area contributed by atoms with Gasteiger partial charge in [-0.3, -0.25) is 0 Å². The maximum absolute atomic E-state index is 13.2. The molecule has 1 rings (SSSR count). The molecule has 0 fully saturated rings. The van der Waals surface area contributed by atoms with Gasteiger partial charge in [0, 0.05) is 12.1 Å². The normalized spacial score (nSPS) is 15.3. The Labute approximate surface area is 121 Å². The Hall–Kier alpha value is -0.600. The maximum atomic E-state index is 13.2. The van der Waals surface area contributed by atoms with Crippen LogP contribution in [0.25, 0.3) is 0 Å². The Morgan fingerprint density at radius 2 is 1.84 bits per heavy atom. The number of benzene rings is 1. The molecular formula is C16H25ClFN. The monoisotopic (exact) mass is 285 g/mol. The van der Waals surface area contributed by atoms with Crippen molar-refractivity contribution in [3.05, 3.63) is 34.6 Å². The number of hydrogen-bond donors (Lipinski definition) is 1. The van der Waals surface area contributed by atoms with Gasteiger partial charge >= 0.3 is 0 Å². The van der Waals surface area contributed by atoms with Crippen LogP contribution >= 0.6 is 11.6 Å². The van der Waals surface area contributed by atoms with E-state index in [0.717, 1.165) is 24.9 Å². The molecule has 0 aliphatic rings. The maximum Gasteiger partial charge on any atom is 0.141 e. The standard InChI is InChI=1S/C16H25ClFN/c1-6-16(5,11-19-15(2,3)4)10-12-7-8-14(18)13(17)9-12/h7-9,19H,6,10-11H2,1-5H3. The van der Waals surface area contributed by atoms with Crippen LogP contribution in [0.15, 0.2) is 18.2 Å². The van der Waals surface area contributed by atoms with E-state index in [9.17, 15) is 4.39 Å². The second-order valence-electron chi connectivity index (χ2n) is 6.69. The highest BCUT2D eigenvalue weighted by Gasteiger charge is 2.25. The van der Waals surface area contributed by atoms with E-state index in [0.29, 0.717) is 0 Å². The van der Waals surface area contributed by atoms with Gasteiger partial charge in [0.1, 0.15) is 5.82 Å². The molecule has 1 aromatic carbocycles. The van der Waals surface area contributed by atoms with Gasteiger partial charge in [0.05, 0.1) is 5.02 Å². The Bertz CT molecular complexity index is 425. The zero-order valence-corrected chi connectivity index (χ0v) is 13.4. The van der Waals surface area contributed by atoms with Gasteiger partial charge in [-0.05, 0) is 56.7 Å². The summed E-state index contributed by atoms with van der Waals surface area (Å²) in [6.07, 6.45) is 1.96. The summed E-state index contributed by atoms with van der Waals surface area (Å²) < 4.78 is 13.2. The second kappa shape index (κ2) is 6.23. The van der Waals surface area contributed by atoms with Crippen molar-refractivity contribution in [3.8, 4) is 0 Å². The van der Waals surface area contributed by atoms with Crippen LogP contribution in [-0.4, -0.2) is 12.1 Å². The van der Waals surface area contributed by atoms with Crippen LogP contribution in [0, 0.1) is 11.2 Å². The van der Waals surface area contributed by atoms with Gasteiger partial charge in [0.25, 0.3) is 0 Å². The molecule has 19 heavy (non-hydrogen) atoms. The average Bonchev–Trinajstić information content (AvgIpc) is 2.31. The molecule has 1 atom stereocenters. The summed E-state index contributed by atoms with van der Waals surface area (Å²) in [7, 11) is 0. The van der Waals surface area contributed by atoms with Crippen molar-refractivity contribution in [2.75, 3.05) is 6.54 Å². The molecule has 0 saturated heterocycles. The van der Waals surface area contributed by atoms with Crippen LogP contribution in [0.1, 0.15) is 46.6 Å². The molecule has 0 spiro atoms. The fraction of sp³-hybridized carbons (Fsp3) is 0.625. The molecule has 1 unspecified atom stereocenters. The van der Waals surface area contributed by atoms with E-state index in [4.69, 9.17) is 11.6 Å². The van der Waals surface area contributed by atoms with Crippen LogP contribution in [0.4, 0.5) is 4.39 Å². The van der Waals surface area contributed by atoms with Crippen molar-refractivity contribution in [3.63, 3.8) is 0 Å². The smallest absolute Gasteiger partial charge is 0.141 e. The molecular weight excluding hydrogens is 261 g/mol. The predicted octanol–water partition coefficient (Wildman–Crippen LogP) is 4.83. The summed E-state index contributed by atoms with van der Waals surface area (Å²) >= 11 is 5.84. The lowest BCUT2D eigenvalue weighted by molar-refractivity contribution is 0.255. The van der Waals surface area contributed by atoms with Crippen molar-refractivity contribution >= 4 is 11.6 Å². The lowest BCUT2D eigenvalue weighted by atomic mass is 9.80. The largest absolute Gasteiger partial charge is 0.312 e. The van der Waals surface area contributed by atoms with Crippen molar-refractivity contribution < 1.29 is 4.39 Å². The van der Waals surface area contributed by atoms with E-state index in [1.165, 1.54) is 6.07 Å². The summed E-state index contributed by atoms with van der Waals surface area (Å²) in [6, 6.07) is 5.01. The van der Waals surface area contributed by atoms with Crippen LogP contribution < -0.4 is 5.32 Å². The first-order chi connectivity index (χ1) is 8.65. The van der Waals surface area contributed by atoms with E-state index in [1.807, 2.05) is 6.07 Å². The molecule has 0 aliphatic carbocycles. The van der Waals surface area contributed by atoms with E-state index in [1.54, 1.807) is 6.07 Å². The van der Waals surface area contributed by atoms with Crippen molar-refractivity contribution in [1.82, 2.24) is 5.32 Å². The van der Waals surface area contributed by atoms with Crippen LogP contribution in [-0.2, 0) is 6.42 Å². The lowest BCUT2D eigenvalue weighted by Crippen LogP contribution is -2.43. The van der Waals surface area contributed by atoms with E-state index in [-0.39, 0.29) is 21.8 Å². The Morgan fingerprint density at radius 3 is 2.32 bits per heavy atom. The fourth-order valence-corrected chi connectivity index (χ4v) is 2.14. The van der Waals surface area contributed by atoms with E-state index < -0.39 is 0 Å². The SMILES string of the molecule is CCC(C)(CNC(C)(C)C)Cc1ccc(F)c(Cl)c1. The number of halogens is 2. The van der Waals surface area contributed by atoms with Gasteiger partial charge in [-0.1, -0.05) is 31.5 Å². The zero-order valence-electron chi connectivity index (χ0n) is 12.6. The first kappa shape index (κ1) is 16.5.